The zero-order valence-corrected chi connectivity index (χ0v) is 25.3. The van der Waals surface area contributed by atoms with Gasteiger partial charge in [0.2, 0.25) is 11.0 Å². The lowest BCUT2D eigenvalue weighted by molar-refractivity contribution is -0.132. The van der Waals surface area contributed by atoms with Gasteiger partial charge in [-0.15, -0.1) is 11.3 Å². The molecule has 11 nitrogen and oxygen atoms in total. The quantitative estimate of drug-likeness (QED) is 0.481. The normalized spacial score (nSPS) is 29.9. The Morgan fingerprint density at radius 1 is 1.27 bits per heavy atom. The number of carbonyl (C=O) groups excluding carboxylic acids is 3. The fourth-order valence-corrected chi connectivity index (χ4v) is 8.59. The Balaban J connectivity index is 1.74. The van der Waals surface area contributed by atoms with E-state index in [1.54, 1.807) is 31.4 Å². The van der Waals surface area contributed by atoms with E-state index >= 15 is 0 Å². The van der Waals surface area contributed by atoms with Crippen LogP contribution in [0.4, 0.5) is 0 Å². The molecule has 1 unspecified atom stereocenters. The Labute approximate surface area is 246 Å². The van der Waals surface area contributed by atoms with E-state index in [4.69, 9.17) is 8.83 Å². The number of allylic oxidation sites excluding steroid dienone is 3. The molecular weight excluding hydrogens is 593 g/mol. The molecule has 220 valence electrons. The van der Waals surface area contributed by atoms with Crippen molar-refractivity contribution in [2.24, 2.45) is 0 Å². The maximum absolute atomic E-state index is 14.3. The SMILES string of the molecule is C/C1=C/[C@@H](O)C(=O)/C=C\C=C/c2csc(n2)[C@@H](C)N2C(=O)C[C@@]([C@@](C)(O)C(=O)SCc3oc(=O)oc3C)(CC1)S2=O. The number of carbonyl (C=O) groups is 3. The number of nitrogens with zero attached hydrogens (tertiary/aromatic N) is 2. The van der Waals surface area contributed by atoms with Crippen LogP contribution in [-0.2, 0) is 31.1 Å². The molecule has 41 heavy (non-hydrogen) atoms. The van der Waals surface area contributed by atoms with E-state index in [1.807, 2.05) is 0 Å². The zero-order valence-electron chi connectivity index (χ0n) is 22.8. The number of aromatic nitrogens is 1. The van der Waals surface area contributed by atoms with E-state index in [0.29, 0.717) is 28.0 Å². The predicted octanol–water partition coefficient (Wildman–Crippen LogP) is 3.14. The van der Waals surface area contributed by atoms with Crippen LogP contribution in [0.3, 0.4) is 0 Å². The Bertz CT molecular complexity index is 1530. The molecule has 2 aliphatic rings. The molecule has 4 rings (SSSR count). The molecule has 1 amide bonds. The van der Waals surface area contributed by atoms with E-state index in [-0.39, 0.29) is 30.1 Å². The molecule has 4 heterocycles. The van der Waals surface area contributed by atoms with Crippen molar-refractivity contribution in [3.8, 4) is 0 Å². The number of hydrogen-bond donors (Lipinski definition) is 2. The zero-order chi connectivity index (χ0) is 30.1. The van der Waals surface area contributed by atoms with Gasteiger partial charge in [0, 0.05) is 5.38 Å². The van der Waals surface area contributed by atoms with Crippen molar-refractivity contribution in [1.29, 1.82) is 0 Å². The Kier molecular flexibility index (Phi) is 9.19. The second-order valence-electron chi connectivity index (χ2n) is 10.1. The monoisotopic (exact) mass is 622 g/mol. The van der Waals surface area contributed by atoms with Gasteiger partial charge in [-0.2, -0.15) is 0 Å². The van der Waals surface area contributed by atoms with Gasteiger partial charge < -0.3 is 19.0 Å². The van der Waals surface area contributed by atoms with Crippen molar-refractivity contribution in [2.75, 3.05) is 0 Å². The molecule has 1 saturated heterocycles. The average molecular weight is 623 g/mol. The van der Waals surface area contributed by atoms with Crippen LogP contribution in [0.2, 0.25) is 0 Å². The molecule has 0 radical (unpaired) electrons. The number of aryl methyl sites for hydroxylation is 1. The molecule has 5 atom stereocenters. The highest BCUT2D eigenvalue weighted by atomic mass is 32.2. The van der Waals surface area contributed by atoms with Crippen LogP contribution in [-0.4, -0.2) is 57.0 Å². The maximum Gasteiger partial charge on any atom is 0.519 e. The van der Waals surface area contributed by atoms with Crippen LogP contribution in [0.5, 0.6) is 0 Å². The van der Waals surface area contributed by atoms with E-state index < -0.39 is 62.5 Å². The molecule has 0 aliphatic carbocycles. The average Bonchev–Trinajstić information content (AvgIpc) is 3.58. The van der Waals surface area contributed by atoms with Crippen LogP contribution in [0, 0.1) is 6.92 Å². The number of rotatable bonds is 4. The van der Waals surface area contributed by atoms with Crippen LogP contribution in [0.1, 0.15) is 68.3 Å². The van der Waals surface area contributed by atoms with Crippen LogP contribution >= 0.6 is 23.1 Å². The first-order chi connectivity index (χ1) is 19.3. The maximum atomic E-state index is 14.3. The summed E-state index contributed by atoms with van der Waals surface area (Å²) in [6, 6.07) is -0.718. The third-order valence-corrected chi connectivity index (χ3v) is 11.6. The first kappa shape index (κ1) is 31.0. The second kappa shape index (κ2) is 12.1. The lowest BCUT2D eigenvalue weighted by Gasteiger charge is -2.39. The molecule has 14 heteroatoms. The molecule has 0 saturated carbocycles. The minimum Gasteiger partial charge on any atom is -0.396 e. The molecule has 2 aromatic rings. The molecular formula is C27H30N2O9S3. The number of aliphatic hydroxyl groups excluding tert-OH is 1. The smallest absolute Gasteiger partial charge is 0.396 e. The van der Waals surface area contributed by atoms with Gasteiger partial charge in [-0.1, -0.05) is 29.5 Å². The highest BCUT2D eigenvalue weighted by molar-refractivity contribution is 8.13. The summed E-state index contributed by atoms with van der Waals surface area (Å²) >= 11 is 1.91. The molecule has 0 aromatic carbocycles. The largest absolute Gasteiger partial charge is 0.519 e. The van der Waals surface area contributed by atoms with Gasteiger partial charge in [0.1, 0.15) is 38.2 Å². The summed E-state index contributed by atoms with van der Waals surface area (Å²) in [6.07, 6.45) is 5.57. The number of thioether (sulfide) groups is 1. The molecule has 0 spiro atoms. The van der Waals surface area contributed by atoms with Crippen molar-refractivity contribution >= 4 is 57.0 Å². The number of fused-ring (bicyclic) bond motifs is 4. The van der Waals surface area contributed by atoms with E-state index in [2.05, 4.69) is 4.98 Å². The summed E-state index contributed by atoms with van der Waals surface area (Å²) in [5.74, 6) is -1.80. The summed E-state index contributed by atoms with van der Waals surface area (Å²) < 4.78 is 23.5. The lowest BCUT2D eigenvalue weighted by atomic mass is 9.81. The van der Waals surface area contributed by atoms with Gasteiger partial charge in [0.05, 0.1) is 23.9 Å². The number of ketones is 1. The van der Waals surface area contributed by atoms with Gasteiger partial charge in [-0.05, 0) is 58.8 Å². The van der Waals surface area contributed by atoms with Gasteiger partial charge in [-0.3, -0.25) is 18.7 Å². The van der Waals surface area contributed by atoms with Crippen LogP contribution in [0.25, 0.3) is 6.08 Å². The minimum atomic E-state index is -2.28. The fraction of sp³-hybridized carbons (Fsp3) is 0.444. The van der Waals surface area contributed by atoms with Crippen molar-refractivity contribution in [3.05, 3.63) is 68.1 Å². The van der Waals surface area contributed by atoms with Crippen molar-refractivity contribution < 1.29 is 37.6 Å². The molecule has 2 aromatic heterocycles. The van der Waals surface area contributed by atoms with E-state index in [1.165, 1.54) is 43.4 Å². The Morgan fingerprint density at radius 3 is 2.66 bits per heavy atom. The summed E-state index contributed by atoms with van der Waals surface area (Å²) in [7, 11) is -2.19. The van der Waals surface area contributed by atoms with Crippen LogP contribution in [0.15, 0.2) is 48.9 Å². The summed E-state index contributed by atoms with van der Waals surface area (Å²) in [4.78, 5) is 55.3. The third kappa shape index (κ3) is 6.16. The van der Waals surface area contributed by atoms with Crippen molar-refractivity contribution in [3.63, 3.8) is 0 Å². The van der Waals surface area contributed by atoms with Gasteiger partial charge in [-0.25, -0.2) is 14.0 Å². The first-order valence-corrected chi connectivity index (χ1v) is 15.7. The second-order valence-corrected chi connectivity index (χ2v) is 13.6. The van der Waals surface area contributed by atoms with Crippen LogP contribution < -0.4 is 5.82 Å². The molecule has 1 fully saturated rings. The predicted molar refractivity (Wildman–Crippen MR) is 154 cm³/mol. The van der Waals surface area contributed by atoms with Gasteiger partial charge >= 0.3 is 5.82 Å². The summed E-state index contributed by atoms with van der Waals surface area (Å²) in [6.45, 7) is 6.08. The highest BCUT2D eigenvalue weighted by Gasteiger charge is 2.64. The standard InChI is InChI=1S/C27H30N2O9S3/c1-15-9-10-27(26(4,35)24(33)40-14-21-17(3)37-25(34)38-21)12-22(32)29(41(27)36)16(2)23-28-18(13-39-23)7-5-6-8-19(30)20(31)11-15/h5-8,11,13,16,20,31,35H,9-10,12,14H2,1-4H3/b7-5-,8-6-,15-11-/t16-,20-,26+,27-,41?/m1/s1. The van der Waals surface area contributed by atoms with E-state index in [0.717, 1.165) is 4.31 Å². The summed E-state index contributed by atoms with van der Waals surface area (Å²) in [5, 5.41) is 23.7. The number of thiazole rings is 1. The van der Waals surface area contributed by atoms with Crippen molar-refractivity contribution in [1.82, 2.24) is 9.29 Å². The molecule has 2 N–H and O–H groups in total. The number of hydrogen-bond acceptors (Lipinski definition) is 12. The topological polar surface area (TPSA) is 168 Å². The lowest BCUT2D eigenvalue weighted by Crippen LogP contribution is -2.58. The molecule has 2 aliphatic heterocycles. The summed E-state index contributed by atoms with van der Waals surface area (Å²) in [5.41, 5.74) is -1.18. The fourth-order valence-electron chi connectivity index (χ4n) is 4.66. The van der Waals surface area contributed by atoms with Crippen molar-refractivity contribution in [2.45, 2.75) is 75.2 Å². The van der Waals surface area contributed by atoms with E-state index in [9.17, 15) is 33.6 Å². The molecule has 4 bridgehead atoms. The Morgan fingerprint density at radius 2 is 1.98 bits per heavy atom. The van der Waals surface area contributed by atoms with Gasteiger partial charge in [0.15, 0.2) is 11.5 Å². The number of aliphatic hydroxyl groups is 2. The third-order valence-electron chi connectivity index (χ3n) is 7.19. The Hall–Kier alpha value is -2.91. The minimum absolute atomic E-state index is 0.0720. The van der Waals surface area contributed by atoms with Gasteiger partial charge in [0.25, 0.3) is 0 Å². The first-order valence-electron chi connectivity index (χ1n) is 12.7. The highest BCUT2D eigenvalue weighted by Crippen LogP contribution is 2.48. The number of amides is 1.